The molecule has 0 aliphatic heterocycles. The van der Waals surface area contributed by atoms with Crippen LogP contribution in [0.1, 0.15) is 15.9 Å². The van der Waals surface area contributed by atoms with Gasteiger partial charge in [-0.15, -0.1) is 0 Å². The highest BCUT2D eigenvalue weighted by molar-refractivity contribution is 6.35. The van der Waals surface area contributed by atoms with Crippen molar-refractivity contribution in [1.29, 1.82) is 0 Å². The lowest BCUT2D eigenvalue weighted by atomic mass is 10.2. The van der Waals surface area contributed by atoms with Crippen LogP contribution in [0.4, 0.5) is 0 Å². The van der Waals surface area contributed by atoms with Crippen LogP contribution in [0.2, 0.25) is 10.3 Å². The van der Waals surface area contributed by atoms with E-state index in [1.54, 1.807) is 0 Å². The number of pyridine rings is 1. The van der Waals surface area contributed by atoms with Crippen LogP contribution in [0.5, 0.6) is 5.75 Å². The van der Waals surface area contributed by atoms with Crippen LogP contribution in [0.25, 0.3) is 0 Å². The highest BCUT2D eigenvalue weighted by Crippen LogP contribution is 2.29. The summed E-state index contributed by atoms with van der Waals surface area (Å²) in [6.07, 6.45) is 4.40. The molecule has 0 amide bonds. The van der Waals surface area contributed by atoms with E-state index in [4.69, 9.17) is 27.9 Å². The summed E-state index contributed by atoms with van der Waals surface area (Å²) in [7, 11) is 0. The molecule has 0 fully saturated rings. The molecule has 2 aromatic heterocycles. The van der Waals surface area contributed by atoms with Gasteiger partial charge in [0.05, 0.1) is 0 Å². The highest BCUT2D eigenvalue weighted by Gasteiger charge is 2.21. The van der Waals surface area contributed by atoms with Gasteiger partial charge in [-0.2, -0.15) is 0 Å². The van der Waals surface area contributed by atoms with E-state index in [1.807, 2.05) is 30.3 Å². The Morgan fingerprint density at radius 2 is 2.00 bits per heavy atom. The topological polar surface area (TPSA) is 57.0 Å². The number of imidazole rings is 1. The minimum absolute atomic E-state index is 0.0146. The zero-order valence-corrected chi connectivity index (χ0v) is 13.3. The maximum atomic E-state index is 12.5. The normalized spacial score (nSPS) is 10.5. The van der Waals surface area contributed by atoms with Gasteiger partial charge in [-0.3, -0.25) is 9.36 Å². The van der Waals surface area contributed by atoms with E-state index < -0.39 is 0 Å². The summed E-state index contributed by atoms with van der Waals surface area (Å²) in [5.74, 6) is -0.114. The van der Waals surface area contributed by atoms with Crippen LogP contribution in [0, 0.1) is 0 Å². The summed E-state index contributed by atoms with van der Waals surface area (Å²) in [5.41, 5.74) is 1.10. The van der Waals surface area contributed by atoms with Crippen LogP contribution < -0.4 is 4.74 Å². The molecule has 0 unspecified atom stereocenters. The minimum atomic E-state index is -0.389. The summed E-state index contributed by atoms with van der Waals surface area (Å²) in [4.78, 5) is 20.3. The van der Waals surface area contributed by atoms with Crippen LogP contribution in [-0.2, 0) is 6.61 Å². The fourth-order valence-corrected chi connectivity index (χ4v) is 2.51. The molecule has 23 heavy (non-hydrogen) atoms. The third kappa shape index (κ3) is 3.52. The minimum Gasteiger partial charge on any atom is -0.488 e. The van der Waals surface area contributed by atoms with Crippen molar-refractivity contribution in [1.82, 2.24) is 14.5 Å². The molecular formula is C16H11Cl2N3O2. The molecule has 5 nitrogen and oxygen atoms in total. The van der Waals surface area contributed by atoms with E-state index in [0.29, 0.717) is 0 Å². The average Bonchev–Trinajstić information content (AvgIpc) is 3.07. The van der Waals surface area contributed by atoms with Gasteiger partial charge in [0, 0.05) is 18.5 Å². The lowest BCUT2D eigenvalue weighted by molar-refractivity contribution is 0.0955. The first-order chi connectivity index (χ1) is 11.1. The number of halogens is 2. The number of hydrogen-bond donors (Lipinski definition) is 0. The fraction of sp³-hybridized carbons (Fsp3) is 0.0625. The van der Waals surface area contributed by atoms with Crippen molar-refractivity contribution in [2.75, 3.05) is 0 Å². The van der Waals surface area contributed by atoms with Crippen molar-refractivity contribution >= 4 is 29.1 Å². The molecule has 3 rings (SSSR count). The number of carbonyl (C=O) groups excluding carboxylic acids is 1. The van der Waals surface area contributed by atoms with Crippen molar-refractivity contribution in [3.63, 3.8) is 0 Å². The zero-order valence-electron chi connectivity index (χ0n) is 11.8. The molecule has 2 heterocycles. The van der Waals surface area contributed by atoms with Crippen LogP contribution in [0.3, 0.4) is 0 Å². The Kier molecular flexibility index (Phi) is 4.60. The smallest absolute Gasteiger partial charge is 0.270 e. The summed E-state index contributed by atoms with van der Waals surface area (Å²) < 4.78 is 7.04. The number of carbonyl (C=O) groups is 1. The van der Waals surface area contributed by atoms with Crippen molar-refractivity contribution in [3.8, 4) is 5.75 Å². The standard InChI is InChI=1S/C16H11Cl2N3O2/c17-13-8-12(23-9-11-4-2-1-3-5-11)14(15(18)20-13)16(22)21-7-6-19-10-21/h1-8,10H,9H2. The molecular weight excluding hydrogens is 337 g/mol. The Hall–Kier alpha value is -2.37. The van der Waals surface area contributed by atoms with Crippen molar-refractivity contribution in [3.05, 3.63) is 76.6 Å². The summed E-state index contributed by atoms with van der Waals surface area (Å²) in [5, 5.41) is 0.138. The quantitative estimate of drug-likeness (QED) is 0.672. The number of rotatable bonds is 4. The number of benzene rings is 1. The third-order valence-electron chi connectivity index (χ3n) is 3.10. The van der Waals surface area contributed by atoms with Gasteiger partial charge in [0.25, 0.3) is 5.91 Å². The van der Waals surface area contributed by atoms with Gasteiger partial charge in [0.15, 0.2) is 0 Å². The van der Waals surface area contributed by atoms with Gasteiger partial charge in [0.2, 0.25) is 0 Å². The van der Waals surface area contributed by atoms with E-state index in [-0.39, 0.29) is 34.1 Å². The van der Waals surface area contributed by atoms with E-state index in [9.17, 15) is 4.79 Å². The maximum absolute atomic E-state index is 12.5. The predicted octanol–water partition coefficient (Wildman–Crippen LogP) is 3.85. The van der Waals surface area contributed by atoms with Gasteiger partial charge in [-0.1, -0.05) is 53.5 Å². The average molecular weight is 348 g/mol. The second-order valence-electron chi connectivity index (χ2n) is 4.66. The molecule has 0 N–H and O–H groups in total. The molecule has 0 radical (unpaired) electrons. The molecule has 3 aromatic rings. The molecule has 0 saturated heterocycles. The lowest BCUT2D eigenvalue weighted by Crippen LogP contribution is -2.13. The van der Waals surface area contributed by atoms with Gasteiger partial charge < -0.3 is 4.74 Å². The summed E-state index contributed by atoms with van der Waals surface area (Å²) >= 11 is 12.0. The largest absolute Gasteiger partial charge is 0.488 e. The molecule has 0 bridgehead atoms. The Balaban J connectivity index is 1.94. The van der Waals surface area contributed by atoms with Crippen molar-refractivity contribution in [2.24, 2.45) is 0 Å². The zero-order chi connectivity index (χ0) is 16.2. The predicted molar refractivity (Wildman–Crippen MR) is 87.0 cm³/mol. The number of aromatic nitrogens is 3. The first-order valence-corrected chi connectivity index (χ1v) is 7.46. The summed E-state index contributed by atoms with van der Waals surface area (Å²) in [6, 6.07) is 11.0. The van der Waals surface area contributed by atoms with E-state index in [2.05, 4.69) is 9.97 Å². The van der Waals surface area contributed by atoms with Crippen LogP contribution in [0.15, 0.2) is 55.1 Å². The van der Waals surface area contributed by atoms with Gasteiger partial charge in [0.1, 0.15) is 34.6 Å². The molecule has 0 saturated carbocycles. The second-order valence-corrected chi connectivity index (χ2v) is 5.40. The maximum Gasteiger partial charge on any atom is 0.270 e. The summed E-state index contributed by atoms with van der Waals surface area (Å²) in [6.45, 7) is 0.279. The Morgan fingerprint density at radius 1 is 1.22 bits per heavy atom. The molecule has 0 spiro atoms. The van der Waals surface area contributed by atoms with Gasteiger partial charge in [-0.25, -0.2) is 9.97 Å². The number of nitrogens with zero attached hydrogens (tertiary/aromatic N) is 3. The van der Waals surface area contributed by atoms with Gasteiger partial charge >= 0.3 is 0 Å². The van der Waals surface area contributed by atoms with Crippen molar-refractivity contribution in [2.45, 2.75) is 6.61 Å². The molecule has 1 aromatic carbocycles. The molecule has 0 aliphatic carbocycles. The Bertz CT molecular complexity index is 821. The molecule has 0 aliphatic rings. The van der Waals surface area contributed by atoms with E-state index >= 15 is 0 Å². The first-order valence-electron chi connectivity index (χ1n) is 6.70. The first kappa shape index (κ1) is 15.5. The van der Waals surface area contributed by atoms with Gasteiger partial charge in [-0.05, 0) is 5.56 Å². The highest BCUT2D eigenvalue weighted by atomic mass is 35.5. The number of ether oxygens (including phenoxy) is 1. The fourth-order valence-electron chi connectivity index (χ4n) is 2.02. The van der Waals surface area contributed by atoms with E-state index in [1.165, 1.54) is 29.4 Å². The Morgan fingerprint density at radius 3 is 2.70 bits per heavy atom. The van der Waals surface area contributed by atoms with Crippen LogP contribution in [-0.4, -0.2) is 20.4 Å². The van der Waals surface area contributed by atoms with Crippen molar-refractivity contribution < 1.29 is 9.53 Å². The van der Waals surface area contributed by atoms with Crippen LogP contribution >= 0.6 is 23.2 Å². The third-order valence-corrected chi connectivity index (χ3v) is 3.56. The number of hydrogen-bond acceptors (Lipinski definition) is 4. The molecule has 0 atom stereocenters. The monoisotopic (exact) mass is 347 g/mol. The Labute approximate surface area is 142 Å². The SMILES string of the molecule is O=C(c1c(OCc2ccccc2)cc(Cl)nc1Cl)n1ccnc1. The molecule has 7 heteroatoms. The molecule has 116 valence electrons. The lowest BCUT2D eigenvalue weighted by Gasteiger charge is -2.12. The second kappa shape index (κ2) is 6.81. The van der Waals surface area contributed by atoms with E-state index in [0.717, 1.165) is 5.56 Å².